The van der Waals surface area contributed by atoms with Crippen LogP contribution in [0.2, 0.25) is 0 Å². The zero-order valence-corrected chi connectivity index (χ0v) is 18.4. The fraction of sp³-hybridized carbons (Fsp3) is 0.375. The summed E-state index contributed by atoms with van der Waals surface area (Å²) in [6.07, 6.45) is 1.92. The third-order valence-electron chi connectivity index (χ3n) is 5.14. The lowest BCUT2D eigenvalue weighted by Crippen LogP contribution is -2.43. The standard InChI is InChI=1S/C24H31N5O2/c1-16(2)12-15-25-23(31)20-6-4-7-21(17(20)3)28-19-10-8-18(9-11-19)22(30)29-24-26-13-5-14-27-24/h4,6-11,16,28H,5,12-15H2,1-3H3,(H,25,31)(H2,26,27,29,30). The van der Waals surface area contributed by atoms with E-state index < -0.39 is 0 Å². The van der Waals surface area contributed by atoms with Crippen LogP contribution in [0.25, 0.3) is 0 Å². The summed E-state index contributed by atoms with van der Waals surface area (Å²) in [6.45, 7) is 8.41. The lowest BCUT2D eigenvalue weighted by atomic mass is 10.0. The Hall–Kier alpha value is -3.35. The maximum Gasteiger partial charge on any atom is 0.257 e. The Balaban J connectivity index is 1.63. The lowest BCUT2D eigenvalue weighted by Gasteiger charge is -2.16. The second kappa shape index (κ2) is 10.6. The van der Waals surface area contributed by atoms with Gasteiger partial charge in [0.25, 0.3) is 11.8 Å². The van der Waals surface area contributed by atoms with Crippen LogP contribution >= 0.6 is 0 Å². The van der Waals surface area contributed by atoms with E-state index in [-0.39, 0.29) is 11.8 Å². The Labute approximate surface area is 183 Å². The van der Waals surface area contributed by atoms with Gasteiger partial charge in [-0.15, -0.1) is 0 Å². The van der Waals surface area contributed by atoms with Crippen molar-refractivity contribution in [3.05, 3.63) is 59.2 Å². The Morgan fingerprint density at radius 1 is 1.10 bits per heavy atom. The number of carbonyl (C=O) groups is 2. The normalized spacial score (nSPS) is 13.2. The number of nitrogens with one attached hydrogen (secondary N) is 4. The topological polar surface area (TPSA) is 94.6 Å². The van der Waals surface area contributed by atoms with E-state index in [1.54, 1.807) is 12.1 Å². The third-order valence-corrected chi connectivity index (χ3v) is 5.14. The van der Waals surface area contributed by atoms with Crippen LogP contribution in [0.1, 0.15) is 53.0 Å². The molecule has 0 unspecified atom stereocenters. The smallest absolute Gasteiger partial charge is 0.257 e. The van der Waals surface area contributed by atoms with Gasteiger partial charge in [-0.25, -0.2) is 0 Å². The summed E-state index contributed by atoms with van der Waals surface area (Å²) in [5.41, 5.74) is 3.79. The second-order valence-corrected chi connectivity index (χ2v) is 8.08. The van der Waals surface area contributed by atoms with E-state index in [1.165, 1.54) is 0 Å². The Bertz CT molecular complexity index is 951. The Kier molecular flexibility index (Phi) is 7.65. The predicted molar refractivity (Wildman–Crippen MR) is 125 cm³/mol. The first kappa shape index (κ1) is 22.3. The van der Waals surface area contributed by atoms with Gasteiger partial charge in [-0.3, -0.25) is 19.9 Å². The zero-order valence-electron chi connectivity index (χ0n) is 18.4. The minimum Gasteiger partial charge on any atom is -0.356 e. The number of rotatable bonds is 7. The maximum absolute atomic E-state index is 12.5. The molecular formula is C24H31N5O2. The van der Waals surface area contributed by atoms with Crippen molar-refractivity contribution < 1.29 is 9.59 Å². The van der Waals surface area contributed by atoms with E-state index in [9.17, 15) is 9.59 Å². The van der Waals surface area contributed by atoms with Crippen LogP contribution in [-0.2, 0) is 0 Å². The summed E-state index contributed by atoms with van der Waals surface area (Å²) in [4.78, 5) is 29.2. The SMILES string of the molecule is Cc1c(Nc2ccc(C(=O)NC3=NCCCN3)cc2)cccc1C(=O)NCCC(C)C. The van der Waals surface area contributed by atoms with E-state index in [2.05, 4.69) is 40.1 Å². The van der Waals surface area contributed by atoms with Crippen LogP contribution in [0.3, 0.4) is 0 Å². The van der Waals surface area contributed by atoms with Gasteiger partial charge in [-0.2, -0.15) is 0 Å². The van der Waals surface area contributed by atoms with Crippen molar-refractivity contribution in [2.45, 2.75) is 33.6 Å². The van der Waals surface area contributed by atoms with E-state index in [4.69, 9.17) is 0 Å². The van der Waals surface area contributed by atoms with Gasteiger partial charge in [0.15, 0.2) is 5.96 Å². The average molecular weight is 422 g/mol. The van der Waals surface area contributed by atoms with Crippen molar-refractivity contribution in [2.24, 2.45) is 10.9 Å². The number of hydrogen-bond donors (Lipinski definition) is 4. The summed E-state index contributed by atoms with van der Waals surface area (Å²) >= 11 is 0. The lowest BCUT2D eigenvalue weighted by molar-refractivity contribution is 0.0948. The van der Waals surface area contributed by atoms with Crippen LogP contribution in [-0.4, -0.2) is 37.4 Å². The highest BCUT2D eigenvalue weighted by Gasteiger charge is 2.13. The van der Waals surface area contributed by atoms with Crippen LogP contribution < -0.4 is 21.3 Å². The number of anilines is 2. The summed E-state index contributed by atoms with van der Waals surface area (Å²) in [5, 5.41) is 12.2. The first-order valence-corrected chi connectivity index (χ1v) is 10.8. The molecule has 4 N–H and O–H groups in total. The molecule has 7 heteroatoms. The van der Waals surface area contributed by atoms with Crippen LogP contribution in [0.15, 0.2) is 47.5 Å². The number of amides is 2. The number of hydrogen-bond acceptors (Lipinski definition) is 5. The summed E-state index contributed by atoms with van der Waals surface area (Å²) in [5.74, 6) is 0.813. The highest BCUT2D eigenvalue weighted by molar-refractivity contribution is 6.06. The molecule has 0 saturated heterocycles. The van der Waals surface area contributed by atoms with Crippen LogP contribution in [0, 0.1) is 12.8 Å². The van der Waals surface area contributed by atoms with Crippen LogP contribution in [0.4, 0.5) is 11.4 Å². The highest BCUT2D eigenvalue weighted by Crippen LogP contribution is 2.23. The van der Waals surface area contributed by atoms with Gasteiger partial charge in [0.1, 0.15) is 0 Å². The summed E-state index contributed by atoms with van der Waals surface area (Å²) in [7, 11) is 0. The zero-order chi connectivity index (χ0) is 22.2. The average Bonchev–Trinajstić information content (AvgIpc) is 2.76. The van der Waals surface area contributed by atoms with E-state index in [0.717, 1.165) is 42.9 Å². The number of guanidine groups is 1. The molecule has 3 rings (SSSR count). The summed E-state index contributed by atoms with van der Waals surface area (Å²) < 4.78 is 0. The molecule has 1 aliphatic rings. The molecule has 1 aliphatic heterocycles. The van der Waals surface area contributed by atoms with E-state index in [0.29, 0.717) is 29.5 Å². The van der Waals surface area contributed by atoms with Gasteiger partial charge in [0, 0.05) is 42.1 Å². The second-order valence-electron chi connectivity index (χ2n) is 8.08. The molecule has 164 valence electrons. The molecule has 0 spiro atoms. The molecular weight excluding hydrogens is 390 g/mol. The molecule has 31 heavy (non-hydrogen) atoms. The summed E-state index contributed by atoms with van der Waals surface area (Å²) in [6, 6.07) is 12.9. The number of nitrogens with zero attached hydrogens (tertiary/aromatic N) is 1. The minimum atomic E-state index is -0.198. The molecule has 0 aliphatic carbocycles. The van der Waals surface area contributed by atoms with Gasteiger partial charge in [0.05, 0.1) is 0 Å². The van der Waals surface area contributed by atoms with Crippen molar-refractivity contribution in [1.82, 2.24) is 16.0 Å². The van der Waals surface area contributed by atoms with Crippen molar-refractivity contribution in [2.75, 3.05) is 25.0 Å². The molecule has 1 heterocycles. The van der Waals surface area contributed by atoms with Crippen molar-refractivity contribution in [1.29, 1.82) is 0 Å². The molecule has 2 aromatic carbocycles. The van der Waals surface area contributed by atoms with Gasteiger partial charge < -0.3 is 16.0 Å². The van der Waals surface area contributed by atoms with Crippen molar-refractivity contribution in [3.8, 4) is 0 Å². The van der Waals surface area contributed by atoms with E-state index >= 15 is 0 Å². The first-order chi connectivity index (χ1) is 14.9. The highest BCUT2D eigenvalue weighted by atomic mass is 16.2. The fourth-order valence-electron chi connectivity index (χ4n) is 3.24. The molecule has 0 atom stereocenters. The first-order valence-electron chi connectivity index (χ1n) is 10.8. The number of benzene rings is 2. The van der Waals surface area contributed by atoms with E-state index in [1.807, 2.05) is 37.3 Å². The maximum atomic E-state index is 12.5. The Morgan fingerprint density at radius 2 is 1.87 bits per heavy atom. The molecule has 2 amide bonds. The predicted octanol–water partition coefficient (Wildman–Crippen LogP) is 3.59. The number of carbonyl (C=O) groups excluding carboxylic acids is 2. The van der Waals surface area contributed by atoms with Gasteiger partial charge >= 0.3 is 0 Å². The molecule has 0 aromatic heterocycles. The fourth-order valence-corrected chi connectivity index (χ4v) is 3.24. The largest absolute Gasteiger partial charge is 0.356 e. The monoisotopic (exact) mass is 421 g/mol. The molecule has 0 bridgehead atoms. The molecule has 0 radical (unpaired) electrons. The molecule has 0 fully saturated rings. The quantitative estimate of drug-likeness (QED) is 0.549. The van der Waals surface area contributed by atoms with Crippen LogP contribution in [0.5, 0.6) is 0 Å². The van der Waals surface area contributed by atoms with Gasteiger partial charge in [-0.1, -0.05) is 19.9 Å². The van der Waals surface area contributed by atoms with Crippen molar-refractivity contribution in [3.63, 3.8) is 0 Å². The number of aliphatic imine (C=N–C) groups is 1. The molecule has 2 aromatic rings. The Morgan fingerprint density at radius 3 is 2.55 bits per heavy atom. The van der Waals surface area contributed by atoms with Gasteiger partial charge in [-0.05, 0) is 67.6 Å². The molecule has 7 nitrogen and oxygen atoms in total. The third kappa shape index (κ3) is 6.31. The molecule has 0 saturated carbocycles. The van der Waals surface area contributed by atoms with Crippen molar-refractivity contribution >= 4 is 29.1 Å². The van der Waals surface area contributed by atoms with Gasteiger partial charge in [0.2, 0.25) is 0 Å². The minimum absolute atomic E-state index is 0.0620.